The predicted octanol–water partition coefficient (Wildman–Crippen LogP) is 3.07. The van der Waals surface area contributed by atoms with Crippen molar-refractivity contribution >= 4 is 15.9 Å². The Hall–Kier alpha value is -2.22. The molecule has 0 spiro atoms. The van der Waals surface area contributed by atoms with Crippen LogP contribution in [0.5, 0.6) is 0 Å². The molecular formula is C24H31N3O3S. The van der Waals surface area contributed by atoms with Gasteiger partial charge in [-0.25, -0.2) is 8.42 Å². The second kappa shape index (κ2) is 9.51. The number of benzene rings is 2. The van der Waals surface area contributed by atoms with Crippen molar-refractivity contribution in [2.75, 3.05) is 39.3 Å². The normalized spacial score (nSPS) is 19.5. The Morgan fingerprint density at radius 3 is 2.26 bits per heavy atom. The molecule has 0 N–H and O–H groups in total. The molecule has 0 aromatic heterocycles. The summed E-state index contributed by atoms with van der Waals surface area (Å²) in [4.78, 5) is 17.5. The molecule has 31 heavy (non-hydrogen) atoms. The molecule has 0 saturated carbocycles. The molecule has 0 radical (unpaired) electrons. The Labute approximate surface area is 185 Å². The largest absolute Gasteiger partial charge is 0.336 e. The zero-order valence-corrected chi connectivity index (χ0v) is 18.9. The smallest absolute Gasteiger partial charge is 0.253 e. The highest BCUT2D eigenvalue weighted by atomic mass is 32.2. The molecule has 2 aliphatic rings. The van der Waals surface area contributed by atoms with Crippen molar-refractivity contribution in [1.82, 2.24) is 14.1 Å². The van der Waals surface area contributed by atoms with Gasteiger partial charge in [0.2, 0.25) is 10.0 Å². The van der Waals surface area contributed by atoms with Gasteiger partial charge in [-0.15, -0.1) is 0 Å². The van der Waals surface area contributed by atoms with Gasteiger partial charge in [-0.1, -0.05) is 43.3 Å². The molecule has 2 fully saturated rings. The van der Waals surface area contributed by atoms with Crippen LogP contribution in [-0.2, 0) is 16.6 Å². The minimum Gasteiger partial charge on any atom is -0.336 e. The van der Waals surface area contributed by atoms with Crippen LogP contribution in [0, 0.1) is 5.92 Å². The Morgan fingerprint density at radius 1 is 0.903 bits per heavy atom. The van der Waals surface area contributed by atoms with E-state index in [4.69, 9.17) is 0 Å². The summed E-state index contributed by atoms with van der Waals surface area (Å²) in [6.07, 6.45) is 1.76. The molecule has 2 saturated heterocycles. The summed E-state index contributed by atoms with van der Waals surface area (Å²) in [6.45, 7) is 7.04. The molecule has 0 atom stereocenters. The Balaban J connectivity index is 1.39. The van der Waals surface area contributed by atoms with Crippen molar-refractivity contribution < 1.29 is 13.2 Å². The summed E-state index contributed by atoms with van der Waals surface area (Å²) in [5.41, 5.74) is 1.72. The quantitative estimate of drug-likeness (QED) is 0.716. The number of nitrogens with zero attached hydrogens (tertiary/aromatic N) is 3. The van der Waals surface area contributed by atoms with E-state index in [0.717, 1.165) is 32.5 Å². The zero-order valence-electron chi connectivity index (χ0n) is 18.1. The van der Waals surface area contributed by atoms with E-state index in [-0.39, 0.29) is 10.8 Å². The fourth-order valence-corrected chi connectivity index (χ4v) is 5.81. The van der Waals surface area contributed by atoms with Crippen molar-refractivity contribution in [2.24, 2.45) is 5.92 Å². The van der Waals surface area contributed by atoms with E-state index in [1.807, 2.05) is 23.1 Å². The molecule has 2 aliphatic heterocycles. The molecular weight excluding hydrogens is 410 g/mol. The maximum Gasteiger partial charge on any atom is 0.253 e. The highest BCUT2D eigenvalue weighted by Gasteiger charge is 2.29. The van der Waals surface area contributed by atoms with Crippen molar-refractivity contribution in [3.05, 3.63) is 65.7 Å². The van der Waals surface area contributed by atoms with Crippen LogP contribution in [0.4, 0.5) is 0 Å². The Bertz CT molecular complexity index is 994. The first kappa shape index (κ1) is 22.0. The number of carbonyl (C=O) groups excluding carboxylic acids is 1. The number of hydrogen-bond acceptors (Lipinski definition) is 4. The molecule has 2 heterocycles. The van der Waals surface area contributed by atoms with Crippen LogP contribution in [-0.4, -0.2) is 67.7 Å². The van der Waals surface area contributed by atoms with Gasteiger partial charge < -0.3 is 4.90 Å². The van der Waals surface area contributed by atoms with Crippen molar-refractivity contribution in [1.29, 1.82) is 0 Å². The summed E-state index contributed by atoms with van der Waals surface area (Å²) in [6, 6.07) is 16.9. The molecule has 2 aromatic rings. The van der Waals surface area contributed by atoms with E-state index in [9.17, 15) is 13.2 Å². The molecule has 0 aliphatic carbocycles. The predicted molar refractivity (Wildman–Crippen MR) is 121 cm³/mol. The Kier molecular flexibility index (Phi) is 6.74. The molecule has 1 amide bonds. The van der Waals surface area contributed by atoms with E-state index in [1.165, 1.54) is 5.56 Å². The lowest BCUT2D eigenvalue weighted by Gasteiger charge is -2.35. The summed E-state index contributed by atoms with van der Waals surface area (Å²) < 4.78 is 27.7. The van der Waals surface area contributed by atoms with Crippen LogP contribution in [0.25, 0.3) is 0 Å². The summed E-state index contributed by atoms with van der Waals surface area (Å²) in [5, 5.41) is 0. The van der Waals surface area contributed by atoms with Gasteiger partial charge in [0.25, 0.3) is 5.91 Å². The minimum atomic E-state index is -3.56. The summed E-state index contributed by atoms with van der Waals surface area (Å²) >= 11 is 0. The number of amides is 1. The number of piperidine rings is 1. The fraction of sp³-hybridized carbons (Fsp3) is 0.458. The third-order valence-corrected chi connectivity index (χ3v) is 8.26. The molecule has 6 nitrogen and oxygen atoms in total. The zero-order chi connectivity index (χ0) is 21.8. The van der Waals surface area contributed by atoms with Crippen LogP contribution in [0.3, 0.4) is 0 Å². The van der Waals surface area contributed by atoms with Crippen LogP contribution >= 0.6 is 0 Å². The van der Waals surface area contributed by atoms with Gasteiger partial charge in [0.05, 0.1) is 4.90 Å². The van der Waals surface area contributed by atoms with Gasteiger partial charge in [0.15, 0.2) is 0 Å². The lowest BCUT2D eigenvalue weighted by Crippen LogP contribution is -2.48. The van der Waals surface area contributed by atoms with Gasteiger partial charge >= 0.3 is 0 Å². The van der Waals surface area contributed by atoms with E-state index in [1.54, 1.807) is 28.6 Å². The van der Waals surface area contributed by atoms with Crippen LogP contribution in [0.2, 0.25) is 0 Å². The SMILES string of the molecule is CC1CCN(S(=O)(=O)c2cccc(C(=O)N3CCN(Cc4ccccc4)CC3)c2)CC1. The van der Waals surface area contributed by atoms with Gasteiger partial charge in [0.1, 0.15) is 0 Å². The highest BCUT2D eigenvalue weighted by Crippen LogP contribution is 2.24. The summed E-state index contributed by atoms with van der Waals surface area (Å²) in [7, 11) is -3.56. The van der Waals surface area contributed by atoms with Crippen molar-refractivity contribution in [2.45, 2.75) is 31.2 Å². The maximum absolute atomic E-state index is 13.1. The molecule has 166 valence electrons. The minimum absolute atomic E-state index is 0.0938. The average molecular weight is 442 g/mol. The standard InChI is InChI=1S/C24H31N3O3S/c1-20-10-12-27(13-11-20)31(29,30)23-9-5-8-22(18-23)24(28)26-16-14-25(15-17-26)19-21-6-3-2-4-7-21/h2-9,18,20H,10-17,19H2,1H3. The number of carbonyl (C=O) groups is 1. The first-order valence-corrected chi connectivity index (χ1v) is 12.5. The second-order valence-electron chi connectivity index (χ2n) is 8.67. The number of rotatable bonds is 5. The van der Waals surface area contributed by atoms with Crippen LogP contribution < -0.4 is 0 Å². The van der Waals surface area contributed by atoms with E-state index < -0.39 is 10.0 Å². The topological polar surface area (TPSA) is 60.9 Å². The number of hydrogen-bond donors (Lipinski definition) is 0. The lowest BCUT2D eigenvalue weighted by molar-refractivity contribution is 0.0628. The highest BCUT2D eigenvalue weighted by molar-refractivity contribution is 7.89. The van der Waals surface area contributed by atoms with Crippen molar-refractivity contribution in [3.63, 3.8) is 0 Å². The first-order chi connectivity index (χ1) is 14.9. The lowest BCUT2D eigenvalue weighted by atomic mass is 10.0. The van der Waals surface area contributed by atoms with Crippen LogP contribution in [0.15, 0.2) is 59.5 Å². The fourth-order valence-electron chi connectivity index (χ4n) is 4.30. The van der Waals surface area contributed by atoms with Crippen LogP contribution in [0.1, 0.15) is 35.7 Å². The molecule has 0 unspecified atom stereocenters. The average Bonchev–Trinajstić information content (AvgIpc) is 2.80. The van der Waals surface area contributed by atoms with E-state index in [0.29, 0.717) is 37.7 Å². The van der Waals surface area contributed by atoms with Crippen molar-refractivity contribution in [3.8, 4) is 0 Å². The third kappa shape index (κ3) is 5.17. The summed E-state index contributed by atoms with van der Waals surface area (Å²) in [5.74, 6) is 0.462. The first-order valence-electron chi connectivity index (χ1n) is 11.1. The molecule has 7 heteroatoms. The third-order valence-electron chi connectivity index (χ3n) is 6.37. The number of sulfonamides is 1. The molecule has 2 aromatic carbocycles. The van der Waals surface area contributed by atoms with E-state index >= 15 is 0 Å². The van der Waals surface area contributed by atoms with Gasteiger partial charge in [0, 0.05) is 51.4 Å². The number of piperazine rings is 1. The van der Waals surface area contributed by atoms with E-state index in [2.05, 4.69) is 24.0 Å². The maximum atomic E-state index is 13.1. The second-order valence-corrected chi connectivity index (χ2v) is 10.6. The monoisotopic (exact) mass is 441 g/mol. The molecule has 0 bridgehead atoms. The Morgan fingerprint density at radius 2 is 1.58 bits per heavy atom. The molecule has 4 rings (SSSR count). The van der Waals surface area contributed by atoms with Gasteiger partial charge in [-0.05, 0) is 42.5 Å². The van der Waals surface area contributed by atoms with Gasteiger partial charge in [-0.3, -0.25) is 9.69 Å². The van der Waals surface area contributed by atoms with Gasteiger partial charge in [-0.2, -0.15) is 4.31 Å².